The molecular weight excluding hydrogens is 364 g/mol. The fraction of sp³-hybridized carbons (Fsp3) is 0.318. The number of hydrogen-bond donors (Lipinski definition) is 2. The third kappa shape index (κ3) is 6.34. The van der Waals surface area contributed by atoms with Gasteiger partial charge >= 0.3 is 0 Å². The minimum atomic E-state index is 0.606. The van der Waals surface area contributed by atoms with E-state index in [4.69, 9.17) is 9.73 Å². The Bertz CT molecular complexity index is 907. The molecule has 0 aliphatic carbocycles. The van der Waals surface area contributed by atoms with Crippen molar-refractivity contribution in [3.8, 4) is 5.75 Å². The number of rotatable bonds is 9. The van der Waals surface area contributed by atoms with Gasteiger partial charge in [-0.2, -0.15) is 5.10 Å². The summed E-state index contributed by atoms with van der Waals surface area (Å²) in [7, 11) is 1.70. The Kier molecular flexibility index (Phi) is 7.63. The van der Waals surface area contributed by atoms with Crippen LogP contribution in [0.4, 0.5) is 0 Å². The first kappa shape index (κ1) is 20.4. The van der Waals surface area contributed by atoms with Crippen LogP contribution in [-0.2, 0) is 19.5 Å². The first-order valence-corrected chi connectivity index (χ1v) is 9.82. The van der Waals surface area contributed by atoms with E-state index in [0.29, 0.717) is 13.1 Å². The molecule has 0 atom stereocenters. The number of guanidine groups is 1. The Hall–Kier alpha value is -3.35. The molecule has 0 fully saturated rings. The van der Waals surface area contributed by atoms with Crippen molar-refractivity contribution in [1.29, 1.82) is 0 Å². The summed E-state index contributed by atoms with van der Waals surface area (Å²) < 4.78 is 7.23. The van der Waals surface area contributed by atoms with E-state index in [-0.39, 0.29) is 0 Å². The molecule has 3 aromatic rings. The molecule has 152 valence electrons. The molecule has 3 rings (SSSR count). The van der Waals surface area contributed by atoms with Crippen molar-refractivity contribution >= 4 is 5.96 Å². The molecule has 0 unspecified atom stereocenters. The van der Waals surface area contributed by atoms with Crippen molar-refractivity contribution in [2.75, 3.05) is 20.2 Å². The molecule has 0 radical (unpaired) electrons. The summed E-state index contributed by atoms with van der Waals surface area (Å²) in [5.74, 6) is 1.73. The summed E-state index contributed by atoms with van der Waals surface area (Å²) in [6, 6.07) is 16.5. The normalized spacial score (nSPS) is 11.3. The third-order valence-electron chi connectivity index (χ3n) is 4.45. The quantitative estimate of drug-likeness (QED) is 0.432. The molecule has 2 aromatic carbocycles. The molecule has 0 bridgehead atoms. The second-order valence-corrected chi connectivity index (χ2v) is 6.60. The molecule has 0 saturated heterocycles. The minimum Gasteiger partial charge on any atom is -0.496 e. The number of nitrogens with zero attached hydrogens (tertiary/aromatic N) is 4. The lowest BCUT2D eigenvalue weighted by molar-refractivity contribution is 0.409. The van der Waals surface area contributed by atoms with Crippen molar-refractivity contribution in [2.45, 2.75) is 26.4 Å². The Morgan fingerprint density at radius 3 is 2.76 bits per heavy atom. The van der Waals surface area contributed by atoms with E-state index in [1.165, 1.54) is 11.1 Å². The van der Waals surface area contributed by atoms with Gasteiger partial charge in [-0.15, -0.1) is 0 Å². The second kappa shape index (κ2) is 10.8. The SMILES string of the molecule is CCNC(=NCc1cccc(Cn2cncn2)c1)NCCc1ccccc1OC. The van der Waals surface area contributed by atoms with Crippen LogP contribution < -0.4 is 15.4 Å². The predicted octanol–water partition coefficient (Wildman–Crippen LogP) is 2.63. The fourth-order valence-electron chi connectivity index (χ4n) is 3.06. The van der Waals surface area contributed by atoms with Crippen LogP contribution in [-0.4, -0.2) is 40.9 Å². The van der Waals surface area contributed by atoms with Gasteiger partial charge in [0.15, 0.2) is 5.96 Å². The standard InChI is InChI=1S/C22H28N6O/c1-3-24-22(25-12-11-20-9-4-5-10-21(20)29-2)26-14-18-7-6-8-19(13-18)15-28-17-23-16-27-28/h4-10,13,16-17H,3,11-12,14-15H2,1-2H3,(H2,24,25,26). The van der Waals surface area contributed by atoms with Crippen LogP contribution in [0.3, 0.4) is 0 Å². The van der Waals surface area contributed by atoms with Crippen LogP contribution in [0.25, 0.3) is 0 Å². The van der Waals surface area contributed by atoms with E-state index < -0.39 is 0 Å². The summed E-state index contributed by atoms with van der Waals surface area (Å²) in [5.41, 5.74) is 3.51. The lowest BCUT2D eigenvalue weighted by Gasteiger charge is -2.13. The van der Waals surface area contributed by atoms with Crippen LogP contribution in [0.1, 0.15) is 23.6 Å². The molecule has 29 heavy (non-hydrogen) atoms. The molecule has 7 heteroatoms. The highest BCUT2D eigenvalue weighted by Gasteiger charge is 2.03. The zero-order valence-electron chi connectivity index (χ0n) is 17.0. The Balaban J connectivity index is 1.57. The molecule has 0 aliphatic rings. The lowest BCUT2D eigenvalue weighted by atomic mass is 10.1. The Morgan fingerprint density at radius 2 is 1.97 bits per heavy atom. The average molecular weight is 393 g/mol. The Labute approximate surface area is 171 Å². The van der Waals surface area contributed by atoms with E-state index in [1.807, 2.05) is 22.9 Å². The average Bonchev–Trinajstić information content (AvgIpc) is 3.25. The van der Waals surface area contributed by atoms with Crippen LogP contribution in [0.5, 0.6) is 5.75 Å². The van der Waals surface area contributed by atoms with E-state index >= 15 is 0 Å². The molecule has 2 N–H and O–H groups in total. The van der Waals surface area contributed by atoms with Crippen LogP contribution in [0.15, 0.2) is 66.2 Å². The van der Waals surface area contributed by atoms with Gasteiger partial charge < -0.3 is 15.4 Å². The van der Waals surface area contributed by atoms with Crippen molar-refractivity contribution < 1.29 is 4.74 Å². The van der Waals surface area contributed by atoms with Crippen molar-refractivity contribution in [1.82, 2.24) is 25.4 Å². The number of aromatic nitrogens is 3. The van der Waals surface area contributed by atoms with Crippen molar-refractivity contribution in [3.05, 3.63) is 77.9 Å². The number of aliphatic imine (C=N–C) groups is 1. The number of ether oxygens (including phenoxy) is 1. The number of para-hydroxylation sites is 1. The monoisotopic (exact) mass is 392 g/mol. The number of nitrogens with one attached hydrogen (secondary N) is 2. The Morgan fingerprint density at radius 1 is 1.10 bits per heavy atom. The largest absolute Gasteiger partial charge is 0.496 e. The van der Waals surface area contributed by atoms with E-state index in [0.717, 1.165) is 36.8 Å². The van der Waals surface area contributed by atoms with Gasteiger partial charge in [0.2, 0.25) is 0 Å². The summed E-state index contributed by atoms with van der Waals surface area (Å²) >= 11 is 0. The molecule has 0 amide bonds. The van der Waals surface area contributed by atoms with Gasteiger partial charge in [0.25, 0.3) is 0 Å². The number of methoxy groups -OCH3 is 1. The van der Waals surface area contributed by atoms with E-state index in [1.54, 1.807) is 19.8 Å². The second-order valence-electron chi connectivity index (χ2n) is 6.60. The van der Waals surface area contributed by atoms with Crippen LogP contribution >= 0.6 is 0 Å². The molecule has 1 heterocycles. The third-order valence-corrected chi connectivity index (χ3v) is 4.45. The molecule has 0 saturated carbocycles. The number of hydrogen-bond acceptors (Lipinski definition) is 4. The van der Waals surface area contributed by atoms with Gasteiger partial charge in [-0.25, -0.2) is 14.7 Å². The molecule has 0 aliphatic heterocycles. The smallest absolute Gasteiger partial charge is 0.191 e. The van der Waals surface area contributed by atoms with Gasteiger partial charge in [0, 0.05) is 13.1 Å². The topological polar surface area (TPSA) is 76.4 Å². The molecule has 0 spiro atoms. The number of benzene rings is 2. The van der Waals surface area contributed by atoms with E-state index in [9.17, 15) is 0 Å². The van der Waals surface area contributed by atoms with Crippen molar-refractivity contribution in [3.63, 3.8) is 0 Å². The molecular formula is C22H28N6O. The summed E-state index contributed by atoms with van der Waals surface area (Å²) in [5, 5.41) is 10.9. The maximum Gasteiger partial charge on any atom is 0.191 e. The van der Waals surface area contributed by atoms with Gasteiger partial charge in [-0.05, 0) is 36.1 Å². The summed E-state index contributed by atoms with van der Waals surface area (Å²) in [6.07, 6.45) is 4.13. The van der Waals surface area contributed by atoms with Crippen molar-refractivity contribution in [2.24, 2.45) is 4.99 Å². The maximum absolute atomic E-state index is 5.42. The summed E-state index contributed by atoms with van der Waals surface area (Å²) in [4.78, 5) is 8.71. The van der Waals surface area contributed by atoms with Crippen LogP contribution in [0, 0.1) is 0 Å². The minimum absolute atomic E-state index is 0.606. The van der Waals surface area contributed by atoms with Crippen LogP contribution in [0.2, 0.25) is 0 Å². The maximum atomic E-state index is 5.42. The zero-order valence-corrected chi connectivity index (χ0v) is 17.0. The molecule has 7 nitrogen and oxygen atoms in total. The lowest BCUT2D eigenvalue weighted by Crippen LogP contribution is -2.38. The highest BCUT2D eigenvalue weighted by Crippen LogP contribution is 2.17. The van der Waals surface area contributed by atoms with Gasteiger partial charge in [-0.3, -0.25) is 0 Å². The highest BCUT2D eigenvalue weighted by molar-refractivity contribution is 5.79. The fourth-order valence-corrected chi connectivity index (χ4v) is 3.06. The first-order chi connectivity index (χ1) is 14.3. The van der Waals surface area contributed by atoms with Gasteiger partial charge in [-0.1, -0.05) is 42.5 Å². The molecule has 1 aromatic heterocycles. The van der Waals surface area contributed by atoms with E-state index in [2.05, 4.69) is 58.0 Å². The summed E-state index contributed by atoms with van der Waals surface area (Å²) in [6.45, 7) is 4.96. The van der Waals surface area contributed by atoms with Gasteiger partial charge in [0.05, 0.1) is 20.2 Å². The first-order valence-electron chi connectivity index (χ1n) is 9.82. The zero-order chi connectivity index (χ0) is 20.3. The predicted molar refractivity (Wildman–Crippen MR) is 115 cm³/mol. The highest BCUT2D eigenvalue weighted by atomic mass is 16.5. The van der Waals surface area contributed by atoms with Gasteiger partial charge in [0.1, 0.15) is 18.4 Å².